The first-order chi connectivity index (χ1) is 14.1. The van der Waals surface area contributed by atoms with E-state index >= 15 is 0 Å². The summed E-state index contributed by atoms with van der Waals surface area (Å²) in [6, 6.07) is 15.2. The van der Waals surface area contributed by atoms with E-state index in [-0.39, 0.29) is 5.91 Å². The van der Waals surface area contributed by atoms with Crippen LogP contribution in [0, 0.1) is 0 Å². The molecule has 0 radical (unpaired) electrons. The zero-order valence-electron chi connectivity index (χ0n) is 16.4. The van der Waals surface area contributed by atoms with Gasteiger partial charge in [-0.2, -0.15) is 0 Å². The molecule has 0 saturated carbocycles. The quantitative estimate of drug-likeness (QED) is 0.325. The molecule has 1 amide bonds. The second kappa shape index (κ2) is 10.3. The van der Waals surface area contributed by atoms with Crippen molar-refractivity contribution in [1.29, 1.82) is 0 Å². The Morgan fingerprint density at radius 3 is 2.41 bits per heavy atom. The van der Waals surface area contributed by atoms with Crippen molar-refractivity contribution in [2.24, 2.45) is 0 Å². The molecule has 1 fully saturated rings. The fourth-order valence-electron chi connectivity index (χ4n) is 2.75. The Kier molecular flexibility index (Phi) is 7.55. The molecule has 5 nitrogen and oxygen atoms in total. The number of hydrogen-bond donors (Lipinski definition) is 0. The molecule has 152 valence electrons. The van der Waals surface area contributed by atoms with Gasteiger partial charge in [-0.1, -0.05) is 42.2 Å². The smallest absolute Gasteiger partial charge is 0.266 e. The van der Waals surface area contributed by atoms with Gasteiger partial charge in [-0.05, 0) is 43.3 Å². The van der Waals surface area contributed by atoms with Gasteiger partial charge in [0.2, 0.25) is 0 Å². The number of nitrogens with zero attached hydrogens (tertiary/aromatic N) is 1. The van der Waals surface area contributed by atoms with Crippen molar-refractivity contribution < 1.29 is 19.0 Å². The molecule has 3 rings (SSSR count). The Morgan fingerprint density at radius 2 is 1.72 bits per heavy atom. The zero-order chi connectivity index (χ0) is 20.6. The van der Waals surface area contributed by atoms with E-state index in [9.17, 15) is 4.79 Å². The third-order valence-corrected chi connectivity index (χ3v) is 5.65. The predicted molar refractivity (Wildman–Crippen MR) is 121 cm³/mol. The number of carbonyl (C=O) groups excluding carboxylic acids is 1. The predicted octanol–water partition coefficient (Wildman–Crippen LogP) is 4.76. The third-order valence-electron chi connectivity index (χ3n) is 4.27. The van der Waals surface area contributed by atoms with Gasteiger partial charge in [0.05, 0.1) is 25.2 Å². The van der Waals surface area contributed by atoms with Crippen LogP contribution in [0.1, 0.15) is 18.9 Å². The van der Waals surface area contributed by atoms with Crippen LogP contribution in [-0.2, 0) is 4.79 Å². The van der Waals surface area contributed by atoms with Gasteiger partial charge in [0, 0.05) is 18.5 Å². The van der Waals surface area contributed by atoms with Crippen molar-refractivity contribution in [3.8, 4) is 17.2 Å². The van der Waals surface area contributed by atoms with Gasteiger partial charge in [-0.3, -0.25) is 9.69 Å². The highest BCUT2D eigenvalue weighted by Crippen LogP contribution is 2.34. The van der Waals surface area contributed by atoms with Crippen LogP contribution >= 0.6 is 24.0 Å². The summed E-state index contributed by atoms with van der Waals surface area (Å²) >= 11 is 6.60. The number of rotatable bonds is 9. The number of para-hydroxylation sites is 1. The Labute approximate surface area is 180 Å². The molecule has 0 atom stereocenters. The van der Waals surface area contributed by atoms with Crippen LogP contribution in [0.3, 0.4) is 0 Å². The third kappa shape index (κ3) is 5.52. The molecule has 0 N–H and O–H groups in total. The summed E-state index contributed by atoms with van der Waals surface area (Å²) in [5.41, 5.74) is 0.861. The monoisotopic (exact) mass is 429 g/mol. The van der Waals surface area contributed by atoms with E-state index in [4.69, 9.17) is 26.4 Å². The largest absolute Gasteiger partial charge is 0.497 e. The molecule has 0 unspecified atom stereocenters. The molecule has 0 spiro atoms. The lowest BCUT2D eigenvalue weighted by molar-refractivity contribution is -0.121. The number of thiocarbonyl (C=S) groups is 1. The summed E-state index contributed by atoms with van der Waals surface area (Å²) in [5, 5.41) is 0. The maximum atomic E-state index is 12.4. The van der Waals surface area contributed by atoms with Gasteiger partial charge >= 0.3 is 0 Å². The van der Waals surface area contributed by atoms with E-state index in [1.165, 1.54) is 11.8 Å². The highest BCUT2D eigenvalue weighted by molar-refractivity contribution is 8.26. The number of carbonyl (C=O) groups is 1. The van der Waals surface area contributed by atoms with E-state index in [0.717, 1.165) is 29.2 Å². The van der Waals surface area contributed by atoms with Gasteiger partial charge in [0.15, 0.2) is 0 Å². The minimum atomic E-state index is -0.0507. The number of benzene rings is 2. The van der Waals surface area contributed by atoms with E-state index in [1.807, 2.05) is 61.5 Å². The van der Waals surface area contributed by atoms with Gasteiger partial charge in [-0.15, -0.1) is 0 Å². The SMILES string of the molecule is CCN1C(=O)/C(=C\c2ccccc2OCCCOc2ccc(OC)cc2)SC1=S. The van der Waals surface area contributed by atoms with Gasteiger partial charge < -0.3 is 14.2 Å². The first-order valence-corrected chi connectivity index (χ1v) is 10.6. The summed E-state index contributed by atoms with van der Waals surface area (Å²) in [6.45, 7) is 3.55. The van der Waals surface area contributed by atoms with Crippen LogP contribution in [0.4, 0.5) is 0 Å². The lowest BCUT2D eigenvalue weighted by Crippen LogP contribution is -2.27. The Hall–Kier alpha value is -2.51. The minimum absolute atomic E-state index is 0.0507. The minimum Gasteiger partial charge on any atom is -0.497 e. The normalized spacial score (nSPS) is 15.1. The summed E-state index contributed by atoms with van der Waals surface area (Å²) in [7, 11) is 1.64. The van der Waals surface area contributed by atoms with Crippen molar-refractivity contribution in [1.82, 2.24) is 4.90 Å². The number of thioether (sulfide) groups is 1. The standard InChI is InChI=1S/C22H23NO4S2/c1-3-23-21(24)20(29-22(23)28)15-16-7-4-5-8-19(16)27-14-6-13-26-18-11-9-17(25-2)10-12-18/h4-5,7-12,15H,3,6,13-14H2,1-2H3/b20-15+. The molecule has 0 aromatic heterocycles. The number of amides is 1. The highest BCUT2D eigenvalue weighted by atomic mass is 32.2. The summed E-state index contributed by atoms with van der Waals surface area (Å²) in [6.07, 6.45) is 2.58. The maximum Gasteiger partial charge on any atom is 0.266 e. The first kappa shape index (κ1) is 21.2. The van der Waals surface area contributed by atoms with E-state index in [1.54, 1.807) is 12.0 Å². The molecule has 2 aromatic carbocycles. The number of methoxy groups -OCH3 is 1. The lowest BCUT2D eigenvalue weighted by Gasteiger charge is -2.11. The summed E-state index contributed by atoms with van der Waals surface area (Å²) < 4.78 is 17.4. The average Bonchev–Trinajstić information content (AvgIpc) is 3.01. The van der Waals surface area contributed by atoms with Crippen molar-refractivity contribution in [3.05, 3.63) is 59.0 Å². The van der Waals surface area contributed by atoms with Crippen LogP contribution < -0.4 is 14.2 Å². The highest BCUT2D eigenvalue weighted by Gasteiger charge is 2.30. The van der Waals surface area contributed by atoms with E-state index < -0.39 is 0 Å². The molecular formula is C22H23NO4S2. The molecule has 1 heterocycles. The summed E-state index contributed by atoms with van der Waals surface area (Å²) in [4.78, 5) is 14.6. The fraction of sp³-hybridized carbons (Fsp3) is 0.273. The fourth-order valence-corrected chi connectivity index (χ4v) is 4.12. The van der Waals surface area contributed by atoms with Crippen molar-refractivity contribution >= 4 is 40.3 Å². The molecule has 0 bridgehead atoms. The van der Waals surface area contributed by atoms with E-state index in [0.29, 0.717) is 29.0 Å². The molecule has 0 aliphatic carbocycles. The van der Waals surface area contributed by atoms with Crippen LogP contribution in [0.15, 0.2) is 53.4 Å². The average molecular weight is 430 g/mol. The molecule has 1 aliphatic heterocycles. The van der Waals surface area contributed by atoms with Crippen LogP contribution in [0.2, 0.25) is 0 Å². The Bertz CT molecular complexity index is 896. The van der Waals surface area contributed by atoms with Crippen molar-refractivity contribution in [2.75, 3.05) is 26.9 Å². The number of likely N-dealkylation sites (N-methyl/N-ethyl adjacent to an activating group) is 1. The van der Waals surface area contributed by atoms with Crippen LogP contribution in [0.25, 0.3) is 6.08 Å². The topological polar surface area (TPSA) is 48.0 Å². The van der Waals surface area contributed by atoms with Crippen molar-refractivity contribution in [3.63, 3.8) is 0 Å². The zero-order valence-corrected chi connectivity index (χ0v) is 18.1. The van der Waals surface area contributed by atoms with E-state index in [2.05, 4.69) is 0 Å². The Morgan fingerprint density at radius 1 is 1.03 bits per heavy atom. The first-order valence-electron chi connectivity index (χ1n) is 9.36. The van der Waals surface area contributed by atoms with Gasteiger partial charge in [0.25, 0.3) is 5.91 Å². The second-order valence-corrected chi connectivity index (χ2v) is 7.87. The summed E-state index contributed by atoms with van der Waals surface area (Å²) in [5.74, 6) is 2.28. The van der Waals surface area contributed by atoms with Gasteiger partial charge in [0.1, 0.15) is 21.6 Å². The molecule has 29 heavy (non-hydrogen) atoms. The molecular weight excluding hydrogens is 406 g/mol. The number of hydrogen-bond acceptors (Lipinski definition) is 6. The van der Waals surface area contributed by atoms with Crippen molar-refractivity contribution in [2.45, 2.75) is 13.3 Å². The van der Waals surface area contributed by atoms with Gasteiger partial charge in [-0.25, -0.2) is 0 Å². The molecule has 2 aromatic rings. The maximum absolute atomic E-state index is 12.4. The second-order valence-electron chi connectivity index (χ2n) is 6.19. The number of ether oxygens (including phenoxy) is 3. The Balaban J connectivity index is 1.53. The molecule has 1 saturated heterocycles. The lowest BCUT2D eigenvalue weighted by atomic mass is 10.2. The molecule has 1 aliphatic rings. The molecule has 7 heteroatoms. The van der Waals surface area contributed by atoms with Crippen LogP contribution in [-0.4, -0.2) is 42.0 Å². The van der Waals surface area contributed by atoms with Crippen LogP contribution in [0.5, 0.6) is 17.2 Å².